The molecule has 5 rings (SSSR count). The molecule has 3 amide bonds. The van der Waals surface area contributed by atoms with Crippen molar-refractivity contribution >= 4 is 108 Å². The number of fused-ring (bicyclic) bond motifs is 1. The SMILES string of the molecule is O=C(CN(C(=O)c1ccc(Cl)c(Cl)c1)N1C(=O)[C@H]2C[C@H](Br)[C@@H](Br)C[C@H]2C1=O)c1ccc(OC(=O)c2ccc(Cl)cc2Cl)cc1. The van der Waals surface area contributed by atoms with Crippen LogP contribution in [-0.2, 0) is 9.59 Å². The minimum absolute atomic E-state index is 0.0301. The molecular formula is C30H20Br2Cl4N2O6. The van der Waals surface area contributed by atoms with E-state index in [2.05, 4.69) is 31.9 Å². The highest BCUT2D eigenvalue weighted by molar-refractivity contribution is 9.12. The molecule has 8 nitrogen and oxygen atoms in total. The third-order valence-corrected chi connectivity index (χ3v) is 11.4. The van der Waals surface area contributed by atoms with Crippen LogP contribution in [0.15, 0.2) is 60.7 Å². The molecule has 0 bridgehead atoms. The number of imide groups is 1. The van der Waals surface area contributed by atoms with Crippen LogP contribution in [0.2, 0.25) is 20.1 Å². The predicted molar refractivity (Wildman–Crippen MR) is 173 cm³/mol. The Morgan fingerprint density at radius 1 is 0.773 bits per heavy atom. The van der Waals surface area contributed by atoms with E-state index in [-0.39, 0.29) is 47.2 Å². The summed E-state index contributed by atoms with van der Waals surface area (Å²) in [4.78, 5) is 66.9. The van der Waals surface area contributed by atoms with Gasteiger partial charge in [-0.25, -0.2) is 9.80 Å². The number of ketones is 1. The van der Waals surface area contributed by atoms with Crippen LogP contribution in [0.5, 0.6) is 5.75 Å². The van der Waals surface area contributed by atoms with E-state index in [1.54, 1.807) is 0 Å². The number of nitrogens with zero attached hydrogens (tertiary/aromatic N) is 2. The lowest BCUT2D eigenvalue weighted by Gasteiger charge is -2.30. The van der Waals surface area contributed by atoms with E-state index in [0.29, 0.717) is 17.9 Å². The first-order valence-corrected chi connectivity index (χ1v) is 16.4. The van der Waals surface area contributed by atoms with Gasteiger partial charge < -0.3 is 4.74 Å². The first-order chi connectivity index (χ1) is 20.8. The Morgan fingerprint density at radius 2 is 1.36 bits per heavy atom. The highest BCUT2D eigenvalue weighted by Crippen LogP contribution is 2.44. The zero-order chi connectivity index (χ0) is 31.9. The van der Waals surface area contributed by atoms with Crippen LogP contribution < -0.4 is 4.74 Å². The van der Waals surface area contributed by atoms with Crippen LogP contribution >= 0.6 is 78.3 Å². The number of rotatable bonds is 7. The largest absolute Gasteiger partial charge is 0.423 e. The fourth-order valence-electron chi connectivity index (χ4n) is 5.08. The summed E-state index contributed by atoms with van der Waals surface area (Å²) in [6.07, 6.45) is 0.762. The van der Waals surface area contributed by atoms with Crippen molar-refractivity contribution < 1.29 is 28.7 Å². The second-order valence-electron chi connectivity index (χ2n) is 10.2. The van der Waals surface area contributed by atoms with Gasteiger partial charge in [0.25, 0.3) is 17.7 Å². The first-order valence-electron chi connectivity index (χ1n) is 13.1. The Kier molecular flexibility index (Phi) is 10.1. The number of Topliss-reactive ketones (excluding diaryl/α,β-unsaturated/α-hetero) is 1. The quantitative estimate of drug-likeness (QED) is 0.0799. The Balaban J connectivity index is 1.39. The van der Waals surface area contributed by atoms with Gasteiger partial charge in [-0.3, -0.25) is 19.2 Å². The number of hydrogen-bond donors (Lipinski definition) is 0. The average molecular weight is 806 g/mol. The van der Waals surface area contributed by atoms with E-state index in [1.807, 2.05) is 0 Å². The minimum Gasteiger partial charge on any atom is -0.423 e. The summed E-state index contributed by atoms with van der Waals surface area (Å²) in [5.74, 6) is -4.39. The van der Waals surface area contributed by atoms with Gasteiger partial charge in [-0.15, -0.1) is 0 Å². The zero-order valence-corrected chi connectivity index (χ0v) is 28.5. The fourth-order valence-corrected chi connectivity index (χ4v) is 7.10. The number of esters is 1. The van der Waals surface area contributed by atoms with Gasteiger partial charge in [0.05, 0.1) is 32.5 Å². The molecule has 1 heterocycles. The molecule has 0 aromatic heterocycles. The molecule has 1 aliphatic heterocycles. The number of benzene rings is 3. The van der Waals surface area contributed by atoms with Crippen LogP contribution in [0.1, 0.15) is 43.9 Å². The van der Waals surface area contributed by atoms with Crippen molar-refractivity contribution in [2.45, 2.75) is 22.5 Å². The van der Waals surface area contributed by atoms with E-state index in [4.69, 9.17) is 51.1 Å². The van der Waals surface area contributed by atoms with Crippen LogP contribution in [0.4, 0.5) is 0 Å². The van der Waals surface area contributed by atoms with E-state index >= 15 is 0 Å². The third-order valence-electron chi connectivity index (χ3n) is 7.36. The summed E-state index contributed by atoms with van der Waals surface area (Å²) in [5, 5.41) is 2.41. The molecule has 228 valence electrons. The summed E-state index contributed by atoms with van der Waals surface area (Å²) in [6, 6.07) is 14.0. The van der Waals surface area contributed by atoms with E-state index in [0.717, 1.165) is 10.0 Å². The monoisotopic (exact) mass is 802 g/mol. The third kappa shape index (κ3) is 6.71. The summed E-state index contributed by atoms with van der Waals surface area (Å²) in [6.45, 7) is -0.634. The molecule has 1 aliphatic carbocycles. The van der Waals surface area contributed by atoms with E-state index in [1.165, 1.54) is 60.7 Å². The highest BCUT2D eigenvalue weighted by Gasteiger charge is 2.54. The smallest absolute Gasteiger partial charge is 0.345 e. The van der Waals surface area contributed by atoms with E-state index < -0.39 is 47.9 Å². The van der Waals surface area contributed by atoms with Crippen LogP contribution in [0, 0.1) is 11.8 Å². The Morgan fingerprint density at radius 3 is 1.93 bits per heavy atom. The number of ether oxygens (including phenoxy) is 1. The number of hydrazine groups is 1. The second kappa shape index (κ2) is 13.5. The molecular weight excluding hydrogens is 786 g/mol. The Labute approximate surface area is 288 Å². The lowest BCUT2D eigenvalue weighted by molar-refractivity contribution is -0.154. The summed E-state index contributed by atoms with van der Waals surface area (Å²) in [7, 11) is 0. The number of alkyl halides is 2. The van der Waals surface area contributed by atoms with E-state index in [9.17, 15) is 24.0 Å². The van der Waals surface area contributed by atoms with Crippen LogP contribution in [0.3, 0.4) is 0 Å². The molecule has 3 aromatic carbocycles. The molecule has 3 aromatic rings. The number of amides is 3. The molecule has 1 saturated carbocycles. The highest BCUT2D eigenvalue weighted by atomic mass is 79.9. The zero-order valence-electron chi connectivity index (χ0n) is 22.3. The lowest BCUT2D eigenvalue weighted by Crippen LogP contribution is -2.52. The van der Waals surface area contributed by atoms with Crippen molar-refractivity contribution in [3.63, 3.8) is 0 Å². The maximum Gasteiger partial charge on any atom is 0.345 e. The Bertz CT molecular complexity index is 1660. The number of halogens is 6. The van der Waals surface area contributed by atoms with Crippen molar-refractivity contribution in [2.75, 3.05) is 6.54 Å². The topological polar surface area (TPSA) is 101 Å². The maximum atomic E-state index is 13.8. The van der Waals surface area contributed by atoms with Crippen LogP contribution in [0.25, 0.3) is 0 Å². The van der Waals surface area contributed by atoms with Gasteiger partial charge in [0.1, 0.15) is 12.3 Å². The lowest BCUT2D eigenvalue weighted by atomic mass is 9.81. The standard InChI is InChI=1S/C30H20Br2Cl4N2O6/c31-21-11-19-20(12-22(21)32)29(42)38(28(19)41)37(27(40)15-3-8-23(34)25(36)9-15)13-26(39)14-1-5-17(6-2-14)44-30(43)18-7-4-16(33)10-24(18)35/h1-10,19-22H,11-13H2/t19-,20+,21-,22-/m0/s1. The average Bonchev–Trinajstić information content (AvgIpc) is 3.21. The molecule has 0 radical (unpaired) electrons. The molecule has 0 unspecified atom stereocenters. The van der Waals surface area contributed by atoms with Gasteiger partial charge in [0, 0.05) is 25.8 Å². The van der Waals surface area contributed by atoms with Crippen LogP contribution in [-0.4, -0.2) is 55.7 Å². The molecule has 2 fully saturated rings. The molecule has 0 N–H and O–H groups in total. The van der Waals surface area contributed by atoms with Crippen molar-refractivity contribution in [1.29, 1.82) is 0 Å². The number of carbonyl (C=O) groups is 5. The van der Waals surface area contributed by atoms with Crippen molar-refractivity contribution in [2.24, 2.45) is 11.8 Å². The summed E-state index contributed by atoms with van der Waals surface area (Å²) < 4.78 is 5.36. The molecule has 4 atom stereocenters. The number of hydrogen-bond acceptors (Lipinski definition) is 6. The number of carbonyl (C=O) groups excluding carboxylic acids is 5. The predicted octanol–water partition coefficient (Wildman–Crippen LogP) is 7.68. The molecule has 0 spiro atoms. The molecule has 44 heavy (non-hydrogen) atoms. The van der Waals surface area contributed by atoms with Gasteiger partial charge in [-0.05, 0) is 73.5 Å². The summed E-state index contributed by atoms with van der Waals surface area (Å²) >= 11 is 31.2. The van der Waals surface area contributed by atoms with Gasteiger partial charge in [0.2, 0.25) is 0 Å². The normalized spacial score (nSPS) is 21.2. The fraction of sp³-hybridized carbons (Fsp3) is 0.233. The first kappa shape index (κ1) is 32.9. The van der Waals surface area contributed by atoms with Gasteiger partial charge in [-0.1, -0.05) is 78.3 Å². The second-order valence-corrected chi connectivity index (χ2v) is 14.2. The van der Waals surface area contributed by atoms with Crippen molar-refractivity contribution in [3.8, 4) is 5.75 Å². The molecule has 1 saturated heterocycles. The van der Waals surface area contributed by atoms with Gasteiger partial charge in [0.15, 0.2) is 5.78 Å². The van der Waals surface area contributed by atoms with Crippen molar-refractivity contribution in [1.82, 2.24) is 10.0 Å². The van der Waals surface area contributed by atoms with Gasteiger partial charge in [-0.2, -0.15) is 5.01 Å². The van der Waals surface area contributed by atoms with Gasteiger partial charge >= 0.3 is 5.97 Å². The Hall–Kier alpha value is -2.47. The maximum absolute atomic E-state index is 13.8. The van der Waals surface area contributed by atoms with Crippen molar-refractivity contribution in [3.05, 3.63) is 97.4 Å². The minimum atomic E-state index is -0.784. The molecule has 14 heteroatoms. The summed E-state index contributed by atoms with van der Waals surface area (Å²) in [5.41, 5.74) is 0.270. The molecule has 2 aliphatic rings.